The quantitative estimate of drug-likeness (QED) is 0.670. The van der Waals surface area contributed by atoms with Crippen molar-refractivity contribution in [2.24, 2.45) is 0 Å². The number of nitrogens with zero attached hydrogens (tertiary/aromatic N) is 4. The van der Waals surface area contributed by atoms with Gasteiger partial charge in [0.15, 0.2) is 6.67 Å². The highest BCUT2D eigenvalue weighted by Gasteiger charge is 2.11. The molecule has 0 aliphatic heterocycles. The zero-order chi connectivity index (χ0) is 17.8. The summed E-state index contributed by atoms with van der Waals surface area (Å²) in [4.78, 5) is 1.24. The topological polar surface area (TPSA) is 49.3 Å². The molecule has 0 saturated heterocycles. The van der Waals surface area contributed by atoms with E-state index in [9.17, 15) is 0 Å². The monoisotopic (exact) mass is 376 g/mol. The van der Waals surface area contributed by atoms with Crippen LogP contribution in [0.1, 0.15) is 5.56 Å². The maximum absolute atomic E-state index is 6.03. The number of methoxy groups -OCH3 is 1. The lowest BCUT2D eigenvalue weighted by Crippen LogP contribution is -3.07. The smallest absolute Gasteiger partial charge is 0.225 e. The van der Waals surface area contributed by atoms with Crippen LogP contribution in [0.25, 0.3) is 5.69 Å². The molecule has 8 heteroatoms. The molecule has 1 aromatic heterocycles. The van der Waals surface area contributed by atoms with E-state index < -0.39 is 0 Å². The first-order valence-corrected chi connectivity index (χ1v) is 8.58. The fourth-order valence-electron chi connectivity index (χ4n) is 2.55. The Bertz CT molecular complexity index is 906. The molecule has 3 aromatic rings. The Kier molecular flexibility index (Phi) is 5.47. The number of halogens is 1. The molecule has 6 nitrogen and oxygen atoms in total. The first kappa shape index (κ1) is 17.6. The molecule has 2 aromatic carbocycles. The van der Waals surface area contributed by atoms with Crippen molar-refractivity contribution < 1.29 is 9.64 Å². The van der Waals surface area contributed by atoms with Crippen LogP contribution in [0.15, 0.2) is 48.5 Å². The van der Waals surface area contributed by atoms with E-state index >= 15 is 0 Å². The van der Waals surface area contributed by atoms with E-state index in [0.717, 1.165) is 18.0 Å². The molecular weight excluding hydrogens is 358 g/mol. The summed E-state index contributed by atoms with van der Waals surface area (Å²) in [6.07, 6.45) is 0. The molecule has 0 amide bonds. The summed E-state index contributed by atoms with van der Waals surface area (Å²) in [5.74, 6) is 0.855. The van der Waals surface area contributed by atoms with Crippen molar-refractivity contribution in [3.05, 3.63) is 63.9 Å². The average Bonchev–Trinajstić information content (AvgIpc) is 2.96. The second-order valence-electron chi connectivity index (χ2n) is 5.79. The molecule has 0 aliphatic carbocycles. The van der Waals surface area contributed by atoms with Crippen LogP contribution in [-0.4, -0.2) is 33.9 Å². The van der Waals surface area contributed by atoms with E-state index in [4.69, 9.17) is 28.6 Å². The Hall–Kier alpha value is -2.22. The van der Waals surface area contributed by atoms with Gasteiger partial charge in [-0.2, -0.15) is 9.36 Å². The lowest BCUT2D eigenvalue weighted by atomic mass is 10.2. The van der Waals surface area contributed by atoms with Crippen molar-refractivity contribution in [1.82, 2.24) is 19.8 Å². The number of quaternary nitrogens is 1. The molecule has 1 unspecified atom stereocenters. The Balaban J connectivity index is 1.71. The maximum atomic E-state index is 6.03. The van der Waals surface area contributed by atoms with E-state index in [0.29, 0.717) is 16.5 Å². The van der Waals surface area contributed by atoms with Gasteiger partial charge in [-0.15, -0.1) is 0 Å². The van der Waals surface area contributed by atoms with Crippen LogP contribution in [0, 0.1) is 4.77 Å². The Morgan fingerprint density at radius 3 is 2.60 bits per heavy atom. The zero-order valence-electron chi connectivity index (χ0n) is 14.0. The van der Waals surface area contributed by atoms with Crippen LogP contribution in [0.4, 0.5) is 0 Å². The largest absolute Gasteiger partial charge is 0.497 e. The van der Waals surface area contributed by atoms with E-state index in [1.54, 1.807) is 16.5 Å². The van der Waals surface area contributed by atoms with Gasteiger partial charge in [0.25, 0.3) is 0 Å². The minimum absolute atomic E-state index is 0.538. The number of aromatic nitrogens is 4. The van der Waals surface area contributed by atoms with Crippen LogP contribution >= 0.6 is 23.8 Å². The third-order valence-electron chi connectivity index (χ3n) is 3.78. The molecule has 3 rings (SSSR count). The SMILES string of the molecule is COc1ccc(C[NH+](C)Cn2nnn(-c3cccc(Cl)c3)c2=S)cc1. The minimum atomic E-state index is 0.538. The molecule has 25 heavy (non-hydrogen) atoms. The lowest BCUT2D eigenvalue weighted by Gasteiger charge is -2.13. The molecule has 0 bridgehead atoms. The summed E-state index contributed by atoms with van der Waals surface area (Å²) in [6, 6.07) is 15.4. The van der Waals surface area contributed by atoms with Gasteiger partial charge in [0, 0.05) is 10.6 Å². The molecule has 1 heterocycles. The Labute approximate surface area is 156 Å². The van der Waals surface area contributed by atoms with Gasteiger partial charge in [0.1, 0.15) is 12.3 Å². The lowest BCUT2D eigenvalue weighted by molar-refractivity contribution is -0.917. The van der Waals surface area contributed by atoms with Crippen LogP contribution in [-0.2, 0) is 13.2 Å². The summed E-state index contributed by atoms with van der Waals surface area (Å²) in [6.45, 7) is 1.46. The summed E-state index contributed by atoms with van der Waals surface area (Å²) in [7, 11) is 3.75. The molecule has 1 atom stereocenters. The van der Waals surface area contributed by atoms with Gasteiger partial charge in [-0.3, -0.25) is 0 Å². The van der Waals surface area contributed by atoms with Crippen LogP contribution in [0.5, 0.6) is 5.75 Å². The molecular formula is C17H19ClN5OS+. The van der Waals surface area contributed by atoms with Crippen molar-refractivity contribution in [1.29, 1.82) is 0 Å². The third kappa shape index (κ3) is 4.25. The van der Waals surface area contributed by atoms with Crippen molar-refractivity contribution in [3.63, 3.8) is 0 Å². The first-order chi connectivity index (χ1) is 12.1. The second-order valence-corrected chi connectivity index (χ2v) is 6.59. The number of tetrazole rings is 1. The zero-order valence-corrected chi connectivity index (χ0v) is 15.6. The van der Waals surface area contributed by atoms with Crippen molar-refractivity contribution in [2.45, 2.75) is 13.2 Å². The van der Waals surface area contributed by atoms with E-state index in [2.05, 4.69) is 29.6 Å². The van der Waals surface area contributed by atoms with Crippen molar-refractivity contribution >= 4 is 23.8 Å². The molecule has 0 fully saturated rings. The molecule has 0 aliphatic rings. The molecule has 0 spiro atoms. The van der Waals surface area contributed by atoms with Crippen LogP contribution in [0.3, 0.4) is 0 Å². The standard InChI is InChI=1S/C17H18ClN5OS/c1-21(11-13-6-8-16(24-2)9-7-13)12-22-17(25)23(20-19-22)15-5-3-4-14(18)10-15/h3-10H,11-12H2,1-2H3/p+1. The third-order valence-corrected chi connectivity index (χ3v) is 4.40. The summed E-state index contributed by atoms with van der Waals surface area (Å²) < 4.78 is 9.05. The molecule has 130 valence electrons. The predicted octanol–water partition coefficient (Wildman–Crippen LogP) is 2.13. The predicted molar refractivity (Wildman–Crippen MR) is 98.8 cm³/mol. The number of rotatable bonds is 6. The minimum Gasteiger partial charge on any atom is -0.497 e. The van der Waals surface area contributed by atoms with Crippen molar-refractivity contribution in [3.8, 4) is 11.4 Å². The fraction of sp³-hybridized carbons (Fsp3) is 0.235. The van der Waals surface area contributed by atoms with E-state index in [1.165, 1.54) is 10.5 Å². The van der Waals surface area contributed by atoms with Crippen molar-refractivity contribution in [2.75, 3.05) is 14.2 Å². The number of ether oxygens (including phenoxy) is 1. The van der Waals surface area contributed by atoms with E-state index in [-0.39, 0.29) is 0 Å². The normalized spacial score (nSPS) is 12.1. The molecule has 0 radical (unpaired) electrons. The van der Waals surface area contributed by atoms with Crippen LogP contribution < -0.4 is 9.64 Å². The van der Waals surface area contributed by atoms with Gasteiger partial charge >= 0.3 is 0 Å². The summed E-state index contributed by atoms with van der Waals surface area (Å²) in [5, 5.41) is 8.95. The van der Waals surface area contributed by atoms with E-state index in [1.807, 2.05) is 36.4 Å². The molecule has 1 N–H and O–H groups in total. The first-order valence-electron chi connectivity index (χ1n) is 7.80. The highest BCUT2D eigenvalue weighted by atomic mass is 35.5. The van der Waals surface area contributed by atoms with Crippen LogP contribution in [0.2, 0.25) is 5.02 Å². The average molecular weight is 377 g/mol. The summed E-state index contributed by atoms with van der Waals surface area (Å²) >= 11 is 11.5. The number of nitrogens with one attached hydrogen (secondary N) is 1. The maximum Gasteiger partial charge on any atom is 0.225 e. The summed E-state index contributed by atoms with van der Waals surface area (Å²) in [5.41, 5.74) is 2.02. The second kappa shape index (κ2) is 7.77. The highest BCUT2D eigenvalue weighted by molar-refractivity contribution is 7.71. The fourth-order valence-corrected chi connectivity index (χ4v) is 2.97. The van der Waals surface area contributed by atoms with Gasteiger partial charge in [0.2, 0.25) is 4.77 Å². The van der Waals surface area contributed by atoms with Gasteiger partial charge in [0.05, 0.1) is 19.8 Å². The highest BCUT2D eigenvalue weighted by Crippen LogP contribution is 2.14. The van der Waals surface area contributed by atoms with Gasteiger partial charge in [-0.1, -0.05) is 17.7 Å². The van der Waals surface area contributed by atoms with Gasteiger partial charge < -0.3 is 9.64 Å². The molecule has 0 saturated carbocycles. The van der Waals surface area contributed by atoms with Gasteiger partial charge in [-0.25, -0.2) is 0 Å². The number of hydrogen-bond acceptors (Lipinski definition) is 4. The Morgan fingerprint density at radius 2 is 1.92 bits per heavy atom. The Morgan fingerprint density at radius 1 is 1.16 bits per heavy atom. The van der Waals surface area contributed by atoms with Gasteiger partial charge in [-0.05, 0) is 65.1 Å². The number of hydrogen-bond donors (Lipinski definition) is 1. The number of benzene rings is 2.